The van der Waals surface area contributed by atoms with Crippen LogP contribution >= 0.6 is 11.3 Å². The quantitative estimate of drug-likeness (QED) is 0.712. The Hall–Kier alpha value is -2.14. The molecular formula is C20H22N2O2S. The number of thiophene rings is 1. The van der Waals surface area contributed by atoms with Gasteiger partial charge in [-0.3, -0.25) is 9.36 Å². The summed E-state index contributed by atoms with van der Waals surface area (Å²) in [6.45, 7) is 5.27. The van der Waals surface area contributed by atoms with E-state index in [9.17, 15) is 4.79 Å². The third-order valence-electron chi connectivity index (χ3n) is 4.97. The number of rotatable bonds is 4. The number of aryl methyl sites for hydroxylation is 2. The van der Waals surface area contributed by atoms with Crippen LogP contribution in [0.5, 0.6) is 5.75 Å². The molecule has 1 atom stereocenters. The molecule has 0 fully saturated rings. The molecule has 1 aromatic carbocycles. The van der Waals surface area contributed by atoms with Crippen LogP contribution in [0.25, 0.3) is 10.2 Å². The third-order valence-corrected chi connectivity index (χ3v) is 6.13. The summed E-state index contributed by atoms with van der Waals surface area (Å²) in [5.41, 5.74) is 2.42. The van der Waals surface area contributed by atoms with Crippen molar-refractivity contribution in [1.29, 1.82) is 0 Å². The molecule has 1 aliphatic carbocycles. The molecule has 1 aliphatic rings. The van der Waals surface area contributed by atoms with E-state index in [1.165, 1.54) is 10.4 Å². The highest BCUT2D eigenvalue weighted by Crippen LogP contribution is 2.35. The Kier molecular flexibility index (Phi) is 4.34. The van der Waals surface area contributed by atoms with Crippen LogP contribution in [0.15, 0.2) is 35.4 Å². The van der Waals surface area contributed by atoms with Crippen molar-refractivity contribution in [2.75, 3.05) is 6.61 Å². The summed E-state index contributed by atoms with van der Waals surface area (Å²) in [7, 11) is 0. The summed E-state index contributed by atoms with van der Waals surface area (Å²) in [5.74, 6) is 1.57. The van der Waals surface area contributed by atoms with E-state index in [1.54, 1.807) is 22.2 Å². The van der Waals surface area contributed by atoms with Crippen LogP contribution in [0.4, 0.5) is 0 Å². The molecule has 3 aromatic rings. The minimum Gasteiger partial charge on any atom is -0.491 e. The predicted molar refractivity (Wildman–Crippen MR) is 102 cm³/mol. The average Bonchev–Trinajstić information content (AvgIpc) is 2.96. The summed E-state index contributed by atoms with van der Waals surface area (Å²) in [6.07, 6.45) is 4.89. The zero-order chi connectivity index (χ0) is 17.4. The van der Waals surface area contributed by atoms with Crippen LogP contribution < -0.4 is 10.3 Å². The first kappa shape index (κ1) is 16.3. The summed E-state index contributed by atoms with van der Waals surface area (Å²) < 4.78 is 7.52. The summed E-state index contributed by atoms with van der Waals surface area (Å²) in [4.78, 5) is 19.7. The smallest absolute Gasteiger partial charge is 0.262 e. The van der Waals surface area contributed by atoms with Crippen LogP contribution in [-0.2, 0) is 19.4 Å². The highest BCUT2D eigenvalue weighted by molar-refractivity contribution is 7.18. The van der Waals surface area contributed by atoms with Crippen LogP contribution in [-0.4, -0.2) is 16.2 Å². The van der Waals surface area contributed by atoms with Crippen molar-refractivity contribution in [1.82, 2.24) is 9.55 Å². The normalized spacial score (nSPS) is 16.8. The molecule has 5 heteroatoms. The van der Waals surface area contributed by atoms with E-state index in [4.69, 9.17) is 4.74 Å². The van der Waals surface area contributed by atoms with Gasteiger partial charge in [0.1, 0.15) is 17.2 Å². The molecule has 2 aromatic heterocycles. The lowest BCUT2D eigenvalue weighted by Gasteiger charge is -2.17. The second-order valence-corrected chi connectivity index (χ2v) is 7.97. The molecule has 2 heterocycles. The van der Waals surface area contributed by atoms with Crippen LogP contribution in [0, 0.1) is 12.8 Å². The number of nitrogens with zero attached hydrogens (tertiary/aromatic N) is 2. The summed E-state index contributed by atoms with van der Waals surface area (Å²) in [5, 5.41) is 0.838. The van der Waals surface area contributed by atoms with Gasteiger partial charge in [0, 0.05) is 4.88 Å². The van der Waals surface area contributed by atoms with Crippen LogP contribution in [0.2, 0.25) is 0 Å². The molecule has 25 heavy (non-hydrogen) atoms. The maximum Gasteiger partial charge on any atom is 0.262 e. The lowest BCUT2D eigenvalue weighted by molar-refractivity contribution is 0.294. The number of hydrogen-bond acceptors (Lipinski definition) is 4. The molecule has 4 nitrogen and oxygen atoms in total. The maximum absolute atomic E-state index is 12.9. The maximum atomic E-state index is 12.9. The molecule has 0 radical (unpaired) electrons. The summed E-state index contributed by atoms with van der Waals surface area (Å²) >= 11 is 1.69. The summed E-state index contributed by atoms with van der Waals surface area (Å²) in [6, 6.07) is 7.93. The van der Waals surface area contributed by atoms with Gasteiger partial charge in [0.15, 0.2) is 0 Å². The Morgan fingerprint density at radius 3 is 3.04 bits per heavy atom. The van der Waals surface area contributed by atoms with E-state index in [1.807, 2.05) is 31.2 Å². The number of fused-ring (bicyclic) bond motifs is 3. The molecule has 130 valence electrons. The van der Waals surface area contributed by atoms with Gasteiger partial charge in [-0.05, 0) is 49.3 Å². The molecular weight excluding hydrogens is 332 g/mol. The van der Waals surface area contributed by atoms with E-state index < -0.39 is 0 Å². The third kappa shape index (κ3) is 3.09. The van der Waals surface area contributed by atoms with Crippen LogP contribution in [0.3, 0.4) is 0 Å². The van der Waals surface area contributed by atoms with E-state index in [0.29, 0.717) is 19.1 Å². The van der Waals surface area contributed by atoms with E-state index >= 15 is 0 Å². The van der Waals surface area contributed by atoms with Gasteiger partial charge in [-0.25, -0.2) is 4.98 Å². The highest BCUT2D eigenvalue weighted by Gasteiger charge is 2.23. The minimum atomic E-state index is 0.0745. The number of hydrogen-bond donors (Lipinski definition) is 0. The molecule has 4 rings (SSSR count). The molecule has 0 saturated heterocycles. The van der Waals surface area contributed by atoms with Gasteiger partial charge in [0.05, 0.1) is 18.3 Å². The molecule has 0 spiro atoms. The number of aromatic nitrogens is 2. The van der Waals surface area contributed by atoms with Gasteiger partial charge in [0.2, 0.25) is 0 Å². The van der Waals surface area contributed by atoms with Crippen molar-refractivity contribution in [3.05, 3.63) is 57.0 Å². The predicted octanol–water partition coefficient (Wildman–Crippen LogP) is 3.97. The van der Waals surface area contributed by atoms with Crippen molar-refractivity contribution in [3.8, 4) is 5.75 Å². The highest BCUT2D eigenvalue weighted by atomic mass is 32.1. The second-order valence-electron chi connectivity index (χ2n) is 6.89. The van der Waals surface area contributed by atoms with Crippen molar-refractivity contribution < 1.29 is 4.74 Å². The van der Waals surface area contributed by atoms with Crippen molar-refractivity contribution >= 4 is 21.6 Å². The van der Waals surface area contributed by atoms with Gasteiger partial charge in [0.25, 0.3) is 5.56 Å². The second kappa shape index (κ2) is 6.64. The monoisotopic (exact) mass is 354 g/mol. The van der Waals surface area contributed by atoms with Gasteiger partial charge >= 0.3 is 0 Å². The molecule has 0 saturated carbocycles. The lowest BCUT2D eigenvalue weighted by Crippen LogP contribution is -2.24. The van der Waals surface area contributed by atoms with Gasteiger partial charge < -0.3 is 4.74 Å². The molecule has 0 aliphatic heterocycles. The van der Waals surface area contributed by atoms with Gasteiger partial charge in [-0.15, -0.1) is 11.3 Å². The molecule has 0 bridgehead atoms. The zero-order valence-corrected chi connectivity index (χ0v) is 15.4. The Bertz CT molecular complexity index is 973. The lowest BCUT2D eigenvalue weighted by atomic mass is 9.89. The standard InChI is InChI=1S/C20H22N2O2S/c1-13-7-8-15-17(11-13)25-19-18(15)20(23)22(12-21-19)9-10-24-16-6-4-3-5-14(16)2/h3-6,12-13H,7-11H2,1-2H3/t13-/m1/s1. The van der Waals surface area contributed by atoms with E-state index in [0.717, 1.165) is 40.8 Å². The van der Waals surface area contributed by atoms with E-state index in [-0.39, 0.29) is 5.56 Å². The number of ether oxygens (including phenoxy) is 1. The topological polar surface area (TPSA) is 44.1 Å². The Morgan fingerprint density at radius 1 is 1.36 bits per heavy atom. The van der Waals surface area contributed by atoms with Gasteiger partial charge in [-0.2, -0.15) is 0 Å². The Labute approximate surface area is 151 Å². The fourth-order valence-electron chi connectivity index (χ4n) is 3.50. The Balaban J connectivity index is 1.57. The first-order chi connectivity index (χ1) is 12.1. The number of benzene rings is 1. The fourth-order valence-corrected chi connectivity index (χ4v) is 4.84. The average molecular weight is 354 g/mol. The molecule has 0 N–H and O–H groups in total. The van der Waals surface area contributed by atoms with Crippen molar-refractivity contribution in [2.45, 2.75) is 39.7 Å². The van der Waals surface area contributed by atoms with E-state index in [2.05, 4.69) is 11.9 Å². The first-order valence-electron chi connectivity index (χ1n) is 8.81. The van der Waals surface area contributed by atoms with Gasteiger partial charge in [-0.1, -0.05) is 25.1 Å². The fraction of sp³-hybridized carbons (Fsp3) is 0.400. The molecule has 0 amide bonds. The minimum absolute atomic E-state index is 0.0745. The van der Waals surface area contributed by atoms with Crippen molar-refractivity contribution in [3.63, 3.8) is 0 Å². The first-order valence-corrected chi connectivity index (χ1v) is 9.63. The van der Waals surface area contributed by atoms with Crippen molar-refractivity contribution in [2.24, 2.45) is 5.92 Å². The SMILES string of the molecule is Cc1ccccc1OCCn1cnc2sc3c(c2c1=O)CC[C@@H](C)C3. The Morgan fingerprint density at radius 2 is 2.20 bits per heavy atom. The largest absolute Gasteiger partial charge is 0.491 e. The molecule has 0 unspecified atom stereocenters. The zero-order valence-electron chi connectivity index (χ0n) is 14.6. The van der Waals surface area contributed by atoms with Crippen LogP contribution in [0.1, 0.15) is 29.3 Å². The number of para-hydroxylation sites is 1.